The molecule has 0 aliphatic heterocycles. The van der Waals surface area contributed by atoms with Crippen molar-refractivity contribution in [1.29, 1.82) is 0 Å². The van der Waals surface area contributed by atoms with E-state index < -0.39 is 0 Å². The van der Waals surface area contributed by atoms with Gasteiger partial charge in [-0.15, -0.1) is 0 Å². The van der Waals surface area contributed by atoms with Crippen LogP contribution in [0.5, 0.6) is 0 Å². The smallest absolute Gasteiger partial charge is 0.322 e. The fourth-order valence-corrected chi connectivity index (χ4v) is 2.14. The van der Waals surface area contributed by atoms with Crippen molar-refractivity contribution in [2.45, 2.75) is 32.4 Å². The molecule has 1 aromatic carbocycles. The zero-order valence-electron chi connectivity index (χ0n) is 10.4. The summed E-state index contributed by atoms with van der Waals surface area (Å²) in [5.74, 6) is -0.238. The van der Waals surface area contributed by atoms with Gasteiger partial charge in [0, 0.05) is 10.5 Å². The van der Waals surface area contributed by atoms with Crippen molar-refractivity contribution < 1.29 is 9.53 Å². The van der Waals surface area contributed by atoms with Gasteiger partial charge in [0.2, 0.25) is 0 Å². The van der Waals surface area contributed by atoms with Crippen LogP contribution in [-0.4, -0.2) is 19.1 Å². The lowest BCUT2D eigenvalue weighted by molar-refractivity contribution is -0.142. The lowest BCUT2D eigenvalue weighted by Gasteiger charge is -2.21. The molecule has 4 heteroatoms. The molecule has 0 heterocycles. The van der Waals surface area contributed by atoms with Crippen molar-refractivity contribution in [3.8, 4) is 0 Å². The van der Waals surface area contributed by atoms with Crippen LogP contribution < -0.4 is 5.32 Å². The second-order valence-corrected chi connectivity index (χ2v) is 4.84. The van der Waals surface area contributed by atoms with Gasteiger partial charge in [0.15, 0.2) is 0 Å². The molecule has 17 heavy (non-hydrogen) atoms. The molecule has 2 atom stereocenters. The van der Waals surface area contributed by atoms with Crippen LogP contribution in [0, 0.1) is 0 Å². The van der Waals surface area contributed by atoms with Crippen LogP contribution in [0.3, 0.4) is 0 Å². The van der Waals surface area contributed by atoms with Crippen LogP contribution >= 0.6 is 15.9 Å². The Labute approximate surface area is 111 Å². The summed E-state index contributed by atoms with van der Waals surface area (Å²) in [5, 5.41) is 3.27. The summed E-state index contributed by atoms with van der Waals surface area (Å²) in [6, 6.07) is 7.94. The Morgan fingerprint density at radius 1 is 1.53 bits per heavy atom. The summed E-state index contributed by atoms with van der Waals surface area (Å²) in [6.45, 7) is 3.90. The van der Waals surface area contributed by atoms with E-state index in [1.54, 1.807) is 0 Å². The molecule has 1 aromatic rings. The largest absolute Gasteiger partial charge is 0.468 e. The van der Waals surface area contributed by atoms with E-state index in [1.807, 2.05) is 19.1 Å². The number of carbonyl (C=O) groups is 1. The van der Waals surface area contributed by atoms with E-state index in [2.05, 4.69) is 40.3 Å². The van der Waals surface area contributed by atoms with Gasteiger partial charge in [-0.3, -0.25) is 10.1 Å². The van der Waals surface area contributed by atoms with Crippen molar-refractivity contribution in [2.24, 2.45) is 0 Å². The first-order valence-corrected chi connectivity index (χ1v) is 6.47. The molecule has 0 saturated heterocycles. The highest BCUT2D eigenvalue weighted by Gasteiger charge is 2.18. The zero-order chi connectivity index (χ0) is 12.8. The Morgan fingerprint density at radius 3 is 2.76 bits per heavy atom. The number of benzene rings is 1. The van der Waals surface area contributed by atoms with Crippen LogP contribution in [0.15, 0.2) is 28.7 Å². The molecule has 0 saturated carbocycles. The molecular formula is C13H18BrNO2. The van der Waals surface area contributed by atoms with Crippen LogP contribution in [0.2, 0.25) is 0 Å². The number of hydrogen-bond acceptors (Lipinski definition) is 3. The van der Waals surface area contributed by atoms with Crippen LogP contribution in [0.4, 0.5) is 0 Å². The van der Waals surface area contributed by atoms with Gasteiger partial charge in [-0.25, -0.2) is 0 Å². The molecule has 0 fully saturated rings. The molecule has 0 amide bonds. The molecule has 1 N–H and O–H groups in total. The van der Waals surface area contributed by atoms with Gasteiger partial charge in [0.25, 0.3) is 0 Å². The third-order valence-electron chi connectivity index (χ3n) is 2.67. The van der Waals surface area contributed by atoms with Gasteiger partial charge >= 0.3 is 5.97 Å². The SMILES string of the molecule is CCC(N[C@@H](C)C(=O)OC)c1cccc(Br)c1. The van der Waals surface area contributed by atoms with E-state index in [9.17, 15) is 4.79 Å². The lowest BCUT2D eigenvalue weighted by atomic mass is 10.0. The summed E-state index contributed by atoms with van der Waals surface area (Å²) in [6.07, 6.45) is 0.914. The van der Waals surface area contributed by atoms with Crippen molar-refractivity contribution in [3.63, 3.8) is 0 Å². The molecule has 0 radical (unpaired) electrons. The number of carbonyl (C=O) groups excluding carboxylic acids is 1. The minimum atomic E-state index is -0.302. The molecule has 3 nitrogen and oxygen atoms in total. The van der Waals surface area contributed by atoms with Gasteiger partial charge in [0.05, 0.1) is 7.11 Å². The van der Waals surface area contributed by atoms with E-state index in [0.29, 0.717) is 0 Å². The molecule has 0 bridgehead atoms. The summed E-state index contributed by atoms with van der Waals surface area (Å²) in [4.78, 5) is 11.4. The molecule has 0 aromatic heterocycles. The van der Waals surface area contributed by atoms with E-state index in [4.69, 9.17) is 4.74 Å². The van der Waals surface area contributed by atoms with E-state index >= 15 is 0 Å². The first-order valence-electron chi connectivity index (χ1n) is 5.67. The Morgan fingerprint density at radius 2 is 2.24 bits per heavy atom. The van der Waals surface area contributed by atoms with E-state index in [-0.39, 0.29) is 18.1 Å². The predicted molar refractivity (Wildman–Crippen MR) is 71.8 cm³/mol. The highest BCUT2D eigenvalue weighted by atomic mass is 79.9. The number of nitrogens with one attached hydrogen (secondary N) is 1. The molecule has 94 valence electrons. The maximum Gasteiger partial charge on any atom is 0.322 e. The van der Waals surface area contributed by atoms with Gasteiger partial charge < -0.3 is 4.74 Å². The molecular weight excluding hydrogens is 282 g/mol. The summed E-state index contributed by atoms with van der Waals surface area (Å²) >= 11 is 3.45. The number of ether oxygens (including phenoxy) is 1. The van der Waals surface area contributed by atoms with Gasteiger partial charge in [-0.2, -0.15) is 0 Å². The molecule has 1 unspecified atom stereocenters. The van der Waals surface area contributed by atoms with E-state index in [1.165, 1.54) is 7.11 Å². The van der Waals surface area contributed by atoms with Crippen molar-refractivity contribution >= 4 is 21.9 Å². The number of rotatable bonds is 5. The Hall–Kier alpha value is -0.870. The quantitative estimate of drug-likeness (QED) is 0.849. The minimum absolute atomic E-state index is 0.154. The first-order chi connectivity index (χ1) is 8.08. The Balaban J connectivity index is 2.75. The summed E-state index contributed by atoms with van der Waals surface area (Å²) in [7, 11) is 1.40. The normalized spacial score (nSPS) is 14.1. The minimum Gasteiger partial charge on any atom is -0.468 e. The average Bonchev–Trinajstić information content (AvgIpc) is 2.34. The molecule has 0 aliphatic rings. The summed E-state index contributed by atoms with van der Waals surface area (Å²) in [5.41, 5.74) is 1.16. The standard InChI is InChI=1S/C13H18BrNO2/c1-4-12(15-9(2)13(16)17-3)10-6-5-7-11(14)8-10/h5-9,12,15H,4H2,1-3H3/t9-,12?/m0/s1. The van der Waals surface area contributed by atoms with Crippen molar-refractivity contribution in [2.75, 3.05) is 7.11 Å². The fraction of sp³-hybridized carbons (Fsp3) is 0.462. The third-order valence-corrected chi connectivity index (χ3v) is 3.16. The Kier molecular flexibility index (Phi) is 5.65. The summed E-state index contributed by atoms with van der Waals surface area (Å²) < 4.78 is 5.75. The highest BCUT2D eigenvalue weighted by molar-refractivity contribution is 9.10. The molecule has 0 aliphatic carbocycles. The van der Waals surface area contributed by atoms with Crippen molar-refractivity contribution in [1.82, 2.24) is 5.32 Å². The average molecular weight is 300 g/mol. The van der Waals surface area contributed by atoms with E-state index in [0.717, 1.165) is 16.5 Å². The zero-order valence-corrected chi connectivity index (χ0v) is 12.0. The van der Waals surface area contributed by atoms with Crippen LogP contribution in [0.1, 0.15) is 31.9 Å². The van der Waals surface area contributed by atoms with Crippen LogP contribution in [-0.2, 0) is 9.53 Å². The first kappa shape index (κ1) is 14.2. The predicted octanol–water partition coefficient (Wildman–Crippen LogP) is 3.05. The monoisotopic (exact) mass is 299 g/mol. The fourth-order valence-electron chi connectivity index (χ4n) is 1.72. The molecule has 0 spiro atoms. The second-order valence-electron chi connectivity index (χ2n) is 3.93. The number of esters is 1. The van der Waals surface area contributed by atoms with Gasteiger partial charge in [-0.05, 0) is 31.0 Å². The van der Waals surface area contributed by atoms with Crippen LogP contribution in [0.25, 0.3) is 0 Å². The topological polar surface area (TPSA) is 38.3 Å². The maximum absolute atomic E-state index is 11.4. The maximum atomic E-state index is 11.4. The van der Waals surface area contributed by atoms with Crippen molar-refractivity contribution in [3.05, 3.63) is 34.3 Å². The number of halogens is 1. The highest BCUT2D eigenvalue weighted by Crippen LogP contribution is 2.21. The van der Waals surface area contributed by atoms with Gasteiger partial charge in [0.1, 0.15) is 6.04 Å². The lowest BCUT2D eigenvalue weighted by Crippen LogP contribution is -2.37. The third kappa shape index (κ3) is 4.13. The Bertz CT molecular complexity index is 381. The number of methoxy groups -OCH3 is 1. The number of hydrogen-bond donors (Lipinski definition) is 1. The second kappa shape index (κ2) is 6.77. The molecule has 1 rings (SSSR count). The van der Waals surface area contributed by atoms with Gasteiger partial charge in [-0.1, -0.05) is 35.0 Å².